The molecule has 0 aliphatic carbocycles. The van der Waals surface area contributed by atoms with Crippen LogP contribution in [0.4, 0.5) is 0 Å². The van der Waals surface area contributed by atoms with Crippen molar-refractivity contribution in [3.05, 3.63) is 0 Å². The van der Waals surface area contributed by atoms with Crippen molar-refractivity contribution in [1.82, 2.24) is 0 Å². The van der Waals surface area contributed by atoms with Crippen LogP contribution in [0.5, 0.6) is 0 Å². The van der Waals surface area contributed by atoms with Crippen LogP contribution in [0.1, 0.15) is 0 Å². The minimum absolute atomic E-state index is 0. The summed E-state index contributed by atoms with van der Waals surface area (Å²) < 4.78 is 7.94. The Bertz CT molecular complexity index is 8.00. The van der Waals surface area contributed by atoms with Gasteiger partial charge in [-0.25, -0.2) is 0 Å². The number of hydrogen-bond donors (Lipinski definition) is 0. The van der Waals surface area contributed by atoms with Crippen molar-refractivity contribution in [3.8, 4) is 0 Å². The van der Waals surface area contributed by atoms with E-state index in [-0.39, 0.29) is 33.5 Å². The van der Waals surface area contributed by atoms with E-state index in [0.717, 1.165) is 0 Å². The molecule has 0 aromatic carbocycles. The quantitative estimate of drug-likeness (QED) is 0.522. The summed E-state index contributed by atoms with van der Waals surface area (Å²) >= 11 is 2.31. The van der Waals surface area contributed by atoms with Gasteiger partial charge >= 0.3 is 19.5 Å². The summed E-state index contributed by atoms with van der Waals surface area (Å²) in [5.74, 6) is 0. The van der Waals surface area contributed by atoms with Crippen LogP contribution in [0.25, 0.3) is 0 Å². The second kappa shape index (κ2) is 28.0. The monoisotopic (exact) mass is 209 g/mol. The van der Waals surface area contributed by atoms with Crippen LogP contribution in [0.3, 0.4) is 0 Å². The predicted molar refractivity (Wildman–Crippen MR) is 7.93 cm³/mol. The van der Waals surface area contributed by atoms with E-state index < -0.39 is 0 Å². The summed E-state index contributed by atoms with van der Waals surface area (Å²) in [4.78, 5) is 0. The van der Waals surface area contributed by atoms with Gasteiger partial charge in [0.1, 0.15) is 0 Å². The third kappa shape index (κ3) is 10.4. The molecule has 0 aromatic rings. The predicted octanol–water partition coefficient (Wildman–Crippen LogP) is 0.298. The van der Waals surface area contributed by atoms with Gasteiger partial charge in [-0.05, 0) is 0 Å². The van der Waals surface area contributed by atoms with Gasteiger partial charge in [-0.2, -0.15) is 0 Å². The Hall–Kier alpha value is 1.28. The molecule has 0 heterocycles. The molecule has 0 radical (unpaired) electrons. The maximum absolute atomic E-state index is 7.94. The Kier molecular flexibility index (Phi) is 130. The molecule has 29 valence electrons. The Morgan fingerprint density at radius 2 is 1.25 bits per heavy atom. The number of rotatable bonds is 0. The van der Waals surface area contributed by atoms with Crippen LogP contribution < -0.4 is 0 Å². The van der Waals surface area contributed by atoms with Crippen LogP contribution in [0, 0.1) is 0 Å². The molecule has 0 atom stereocenters. The Labute approximate surface area is 53.0 Å². The molecule has 0 fully saturated rings. The molecule has 0 amide bonds. The SMILES string of the molecule is Cl.[Mo].[O]=[Co]. The molecule has 0 saturated carbocycles. The summed E-state index contributed by atoms with van der Waals surface area (Å²) in [5, 5.41) is 0. The van der Waals surface area contributed by atoms with E-state index in [2.05, 4.69) is 15.7 Å². The van der Waals surface area contributed by atoms with Crippen molar-refractivity contribution < 1.29 is 40.6 Å². The van der Waals surface area contributed by atoms with E-state index >= 15 is 0 Å². The molecule has 1 nitrogen and oxygen atoms in total. The van der Waals surface area contributed by atoms with Crippen molar-refractivity contribution in [3.63, 3.8) is 0 Å². The van der Waals surface area contributed by atoms with Crippen LogP contribution in [0.15, 0.2) is 0 Å². The molecule has 0 rings (SSSR count). The van der Waals surface area contributed by atoms with Crippen LogP contribution in [0.2, 0.25) is 0 Å². The van der Waals surface area contributed by atoms with Gasteiger partial charge in [0.15, 0.2) is 0 Å². The van der Waals surface area contributed by atoms with Crippen molar-refractivity contribution >= 4 is 12.4 Å². The topological polar surface area (TPSA) is 17.1 Å². The fourth-order valence-electron chi connectivity index (χ4n) is 0. The van der Waals surface area contributed by atoms with E-state index in [1.165, 1.54) is 0 Å². The third-order valence-corrected chi connectivity index (χ3v) is 0. The fraction of sp³-hybridized carbons (Fsp3) is 0. The van der Waals surface area contributed by atoms with E-state index in [4.69, 9.17) is 3.87 Å². The van der Waals surface area contributed by atoms with Crippen molar-refractivity contribution in [2.24, 2.45) is 0 Å². The Morgan fingerprint density at radius 1 is 1.25 bits per heavy atom. The molecule has 0 saturated heterocycles. The molecule has 4 heavy (non-hydrogen) atoms. The van der Waals surface area contributed by atoms with E-state index in [1.54, 1.807) is 0 Å². The summed E-state index contributed by atoms with van der Waals surface area (Å²) in [7, 11) is 0. The standard InChI is InChI=1S/ClH.Co.Mo.O/h1H;;;. The zero-order valence-electron chi connectivity index (χ0n) is 1.56. The molecular formula is HClCoMoO. The molecule has 0 N–H and O–H groups in total. The van der Waals surface area contributed by atoms with Gasteiger partial charge in [-0.15, -0.1) is 12.4 Å². The molecular weight excluding hydrogens is 206 g/mol. The van der Waals surface area contributed by atoms with Gasteiger partial charge in [0.05, 0.1) is 0 Å². The Balaban J connectivity index is -0.00000000500. The van der Waals surface area contributed by atoms with Gasteiger partial charge in [-0.3, -0.25) is 0 Å². The summed E-state index contributed by atoms with van der Waals surface area (Å²) in [5.41, 5.74) is 0. The first kappa shape index (κ1) is 18.6. The summed E-state index contributed by atoms with van der Waals surface area (Å²) in [6.07, 6.45) is 0. The molecule has 4 heteroatoms. The molecule has 0 unspecified atom stereocenters. The van der Waals surface area contributed by atoms with Gasteiger partial charge in [0.25, 0.3) is 0 Å². The fourth-order valence-corrected chi connectivity index (χ4v) is 0. The average molecular weight is 207 g/mol. The molecule has 0 aliphatic heterocycles. The molecule has 0 spiro atoms. The van der Waals surface area contributed by atoms with Gasteiger partial charge in [-0.1, -0.05) is 0 Å². The van der Waals surface area contributed by atoms with Crippen molar-refractivity contribution in [2.45, 2.75) is 0 Å². The van der Waals surface area contributed by atoms with E-state index in [9.17, 15) is 0 Å². The zero-order chi connectivity index (χ0) is 2.00. The minimum atomic E-state index is 0. The number of halogens is 1. The molecule has 0 aliphatic rings. The van der Waals surface area contributed by atoms with Crippen LogP contribution >= 0.6 is 12.4 Å². The molecule has 0 bridgehead atoms. The van der Waals surface area contributed by atoms with Crippen molar-refractivity contribution in [2.75, 3.05) is 0 Å². The number of hydrogen-bond acceptors (Lipinski definition) is 1. The van der Waals surface area contributed by atoms with Crippen molar-refractivity contribution in [1.29, 1.82) is 0 Å². The Morgan fingerprint density at radius 3 is 1.25 bits per heavy atom. The summed E-state index contributed by atoms with van der Waals surface area (Å²) in [6.45, 7) is 0. The second-order valence-corrected chi connectivity index (χ2v) is 0. The van der Waals surface area contributed by atoms with Gasteiger partial charge < -0.3 is 0 Å². The van der Waals surface area contributed by atoms with Gasteiger partial charge in [0.2, 0.25) is 0 Å². The average Bonchev–Trinajstić information content (AvgIpc) is 1.00. The summed E-state index contributed by atoms with van der Waals surface area (Å²) in [6, 6.07) is 0. The van der Waals surface area contributed by atoms with Crippen LogP contribution in [-0.4, -0.2) is 0 Å². The first-order valence-corrected chi connectivity index (χ1v) is 0.561. The third-order valence-electron chi connectivity index (χ3n) is 0. The molecule has 0 aromatic heterocycles. The first-order chi connectivity index (χ1) is 1.00. The first-order valence-electron chi connectivity index (χ1n) is 0.136. The van der Waals surface area contributed by atoms with Crippen LogP contribution in [-0.2, 0) is 40.6 Å². The normalized spacial score (nSPS) is 1.25. The second-order valence-electron chi connectivity index (χ2n) is 0. The maximum atomic E-state index is 7.94. The van der Waals surface area contributed by atoms with Gasteiger partial charge in [0, 0.05) is 21.1 Å². The zero-order valence-corrected chi connectivity index (χ0v) is 5.42. The van der Waals surface area contributed by atoms with E-state index in [0.29, 0.717) is 0 Å². The van der Waals surface area contributed by atoms with E-state index in [1.807, 2.05) is 0 Å².